The number of aryl methyl sites for hydroxylation is 1. The maximum Gasteiger partial charge on any atom is 0.258 e. The highest BCUT2D eigenvalue weighted by molar-refractivity contribution is 6.12. The van der Waals surface area contributed by atoms with Gasteiger partial charge in [0.05, 0.1) is 29.7 Å². The molecule has 3 heterocycles. The van der Waals surface area contributed by atoms with Crippen molar-refractivity contribution in [2.75, 3.05) is 36.5 Å². The predicted molar refractivity (Wildman–Crippen MR) is 101 cm³/mol. The normalized spacial score (nSPS) is 14.6. The van der Waals surface area contributed by atoms with Crippen LogP contribution in [0.15, 0.2) is 41.5 Å². The van der Waals surface area contributed by atoms with Crippen molar-refractivity contribution in [1.29, 1.82) is 0 Å². The summed E-state index contributed by atoms with van der Waals surface area (Å²) in [5.41, 5.74) is 3.41. The summed E-state index contributed by atoms with van der Waals surface area (Å²) in [4.78, 5) is 32.7. The van der Waals surface area contributed by atoms with Crippen LogP contribution in [0.25, 0.3) is 10.9 Å². The van der Waals surface area contributed by atoms with Crippen molar-refractivity contribution in [1.82, 2.24) is 9.97 Å². The van der Waals surface area contributed by atoms with Gasteiger partial charge in [-0.2, -0.15) is 0 Å². The van der Waals surface area contributed by atoms with Crippen LogP contribution < -0.4 is 15.8 Å². The maximum absolute atomic E-state index is 12.6. The second-order valence-corrected chi connectivity index (χ2v) is 6.35. The molecule has 0 spiro atoms. The summed E-state index contributed by atoms with van der Waals surface area (Å²) >= 11 is 0. The topological polar surface area (TPSA) is 90.2 Å². The lowest BCUT2D eigenvalue weighted by Crippen LogP contribution is -2.36. The molecular formula is C19H20N4O3. The number of aromatic nitrogens is 2. The van der Waals surface area contributed by atoms with Crippen LogP contribution in [0.4, 0.5) is 11.4 Å². The molecule has 1 amide bonds. The number of hydrogen-bond donors (Lipinski definition) is 3. The Kier molecular flexibility index (Phi) is 4.22. The fourth-order valence-corrected chi connectivity index (χ4v) is 3.24. The molecule has 0 bridgehead atoms. The number of nitrogens with zero attached hydrogens (tertiary/aromatic N) is 1. The number of pyridine rings is 1. The average molecular weight is 352 g/mol. The number of amides is 1. The molecule has 1 aromatic carbocycles. The minimum Gasteiger partial charge on any atom is -0.378 e. The summed E-state index contributed by atoms with van der Waals surface area (Å²) in [6.07, 6.45) is 3.21. The molecule has 1 aliphatic heterocycles. The van der Waals surface area contributed by atoms with Crippen molar-refractivity contribution in [2.45, 2.75) is 6.92 Å². The molecule has 3 N–H and O–H groups in total. The first-order valence-electron chi connectivity index (χ1n) is 8.57. The van der Waals surface area contributed by atoms with Crippen LogP contribution in [-0.4, -0.2) is 42.2 Å². The Morgan fingerprint density at radius 1 is 1.12 bits per heavy atom. The lowest BCUT2D eigenvalue weighted by atomic mass is 10.1. The molecule has 134 valence electrons. The number of morpholine rings is 1. The molecule has 1 saturated heterocycles. The number of ether oxygens (including phenoxy) is 1. The molecule has 2 aromatic heterocycles. The van der Waals surface area contributed by atoms with E-state index in [0.29, 0.717) is 22.2 Å². The van der Waals surface area contributed by atoms with Gasteiger partial charge in [0.25, 0.3) is 11.5 Å². The number of carbonyl (C=O) groups excluding carboxylic acids is 1. The fraction of sp³-hybridized carbons (Fsp3) is 0.263. The van der Waals surface area contributed by atoms with Crippen LogP contribution in [0.1, 0.15) is 15.9 Å². The highest BCUT2D eigenvalue weighted by Crippen LogP contribution is 2.21. The van der Waals surface area contributed by atoms with Gasteiger partial charge in [-0.1, -0.05) is 0 Å². The summed E-state index contributed by atoms with van der Waals surface area (Å²) in [6.45, 7) is 5.06. The van der Waals surface area contributed by atoms with E-state index in [2.05, 4.69) is 20.2 Å². The van der Waals surface area contributed by atoms with E-state index in [1.165, 1.54) is 0 Å². The second kappa shape index (κ2) is 6.68. The molecule has 0 unspecified atom stereocenters. The largest absolute Gasteiger partial charge is 0.378 e. The van der Waals surface area contributed by atoms with Crippen molar-refractivity contribution in [3.8, 4) is 0 Å². The number of H-pyrrole nitrogens is 2. The quantitative estimate of drug-likeness (QED) is 0.674. The van der Waals surface area contributed by atoms with Gasteiger partial charge in [-0.15, -0.1) is 0 Å². The smallest absolute Gasteiger partial charge is 0.258 e. The highest BCUT2D eigenvalue weighted by Gasteiger charge is 2.17. The Bertz CT molecular complexity index is 998. The first-order chi connectivity index (χ1) is 12.6. The Morgan fingerprint density at radius 2 is 1.85 bits per heavy atom. The number of aromatic amines is 2. The van der Waals surface area contributed by atoms with Gasteiger partial charge in [0, 0.05) is 36.9 Å². The van der Waals surface area contributed by atoms with Gasteiger partial charge in [-0.25, -0.2) is 0 Å². The predicted octanol–water partition coefficient (Wildman–Crippen LogP) is 2.25. The number of benzene rings is 1. The Hall–Kier alpha value is -3.06. The van der Waals surface area contributed by atoms with Gasteiger partial charge in [-0.3, -0.25) is 9.59 Å². The zero-order valence-electron chi connectivity index (χ0n) is 14.5. The Labute approximate surface area is 150 Å². The zero-order chi connectivity index (χ0) is 18.1. The number of nitrogens with one attached hydrogen (secondary N) is 3. The van der Waals surface area contributed by atoms with E-state index in [1.807, 2.05) is 31.2 Å². The van der Waals surface area contributed by atoms with Gasteiger partial charge in [0.2, 0.25) is 0 Å². The first-order valence-corrected chi connectivity index (χ1v) is 8.57. The number of anilines is 2. The molecule has 1 aliphatic rings. The first kappa shape index (κ1) is 16.4. The third kappa shape index (κ3) is 2.97. The molecular weight excluding hydrogens is 332 g/mol. The van der Waals surface area contributed by atoms with Crippen molar-refractivity contribution in [3.05, 3.63) is 58.1 Å². The monoisotopic (exact) mass is 352 g/mol. The maximum atomic E-state index is 12.6. The minimum absolute atomic E-state index is 0.278. The van der Waals surface area contributed by atoms with Gasteiger partial charge in [-0.05, 0) is 36.8 Å². The van der Waals surface area contributed by atoms with Crippen molar-refractivity contribution >= 4 is 28.2 Å². The van der Waals surface area contributed by atoms with Gasteiger partial charge < -0.3 is 24.9 Å². The van der Waals surface area contributed by atoms with E-state index in [0.717, 1.165) is 37.6 Å². The van der Waals surface area contributed by atoms with E-state index < -0.39 is 0 Å². The van der Waals surface area contributed by atoms with E-state index in [9.17, 15) is 9.59 Å². The standard InChI is InChI=1S/C19H20N4O3/c1-12-10-21-19(25)16-15(11-20-17(12)16)18(24)22-13-2-4-14(5-3-13)23-6-8-26-9-7-23/h2-5,10-11,20H,6-9H2,1H3,(H,21,25)(H,22,24). The molecule has 1 fully saturated rings. The third-order valence-electron chi connectivity index (χ3n) is 4.67. The molecule has 3 aromatic rings. The fourth-order valence-electron chi connectivity index (χ4n) is 3.24. The van der Waals surface area contributed by atoms with E-state index in [1.54, 1.807) is 12.4 Å². The summed E-state index contributed by atoms with van der Waals surface area (Å²) < 4.78 is 5.36. The number of fused-ring (bicyclic) bond motifs is 1. The van der Waals surface area contributed by atoms with Crippen LogP contribution in [-0.2, 0) is 4.74 Å². The summed E-state index contributed by atoms with van der Waals surface area (Å²) in [6, 6.07) is 7.69. The molecule has 7 nitrogen and oxygen atoms in total. The van der Waals surface area contributed by atoms with Crippen LogP contribution in [0.5, 0.6) is 0 Å². The van der Waals surface area contributed by atoms with Crippen molar-refractivity contribution in [3.63, 3.8) is 0 Å². The molecule has 0 atom stereocenters. The van der Waals surface area contributed by atoms with Crippen LogP contribution >= 0.6 is 0 Å². The summed E-state index contributed by atoms with van der Waals surface area (Å²) in [7, 11) is 0. The van der Waals surface area contributed by atoms with Crippen LogP contribution in [0, 0.1) is 6.92 Å². The molecule has 0 radical (unpaired) electrons. The summed E-state index contributed by atoms with van der Waals surface area (Å²) in [5.74, 6) is -0.313. The van der Waals surface area contributed by atoms with Crippen molar-refractivity contribution in [2.24, 2.45) is 0 Å². The van der Waals surface area contributed by atoms with Gasteiger partial charge in [0.15, 0.2) is 0 Å². The van der Waals surface area contributed by atoms with Crippen LogP contribution in [0.2, 0.25) is 0 Å². The minimum atomic E-state index is -0.313. The lowest BCUT2D eigenvalue weighted by molar-refractivity contribution is 0.102. The Morgan fingerprint density at radius 3 is 2.58 bits per heavy atom. The Balaban J connectivity index is 1.55. The molecule has 7 heteroatoms. The molecule has 0 saturated carbocycles. The van der Waals surface area contributed by atoms with Gasteiger partial charge in [0.1, 0.15) is 0 Å². The zero-order valence-corrected chi connectivity index (χ0v) is 14.5. The number of hydrogen-bond acceptors (Lipinski definition) is 4. The van der Waals surface area contributed by atoms with E-state index >= 15 is 0 Å². The SMILES string of the molecule is Cc1c[nH]c(=O)c2c(C(=O)Nc3ccc(N4CCOCC4)cc3)c[nH]c12. The molecule has 0 aliphatic carbocycles. The lowest BCUT2D eigenvalue weighted by Gasteiger charge is -2.28. The van der Waals surface area contributed by atoms with Crippen LogP contribution in [0.3, 0.4) is 0 Å². The van der Waals surface area contributed by atoms with E-state index in [4.69, 9.17) is 4.74 Å². The average Bonchev–Trinajstić information content (AvgIpc) is 3.13. The highest BCUT2D eigenvalue weighted by atomic mass is 16.5. The molecule has 4 rings (SSSR count). The van der Waals surface area contributed by atoms with Crippen molar-refractivity contribution < 1.29 is 9.53 Å². The van der Waals surface area contributed by atoms with Gasteiger partial charge >= 0.3 is 0 Å². The van der Waals surface area contributed by atoms with E-state index in [-0.39, 0.29) is 11.5 Å². The summed E-state index contributed by atoms with van der Waals surface area (Å²) in [5, 5.41) is 3.24. The molecule has 26 heavy (non-hydrogen) atoms. The second-order valence-electron chi connectivity index (χ2n) is 6.35. The number of rotatable bonds is 3. The third-order valence-corrected chi connectivity index (χ3v) is 4.67. The number of carbonyl (C=O) groups is 1.